The van der Waals surface area contributed by atoms with Crippen LogP contribution in [0, 0.1) is 0 Å². The standard InChI is InChI=1S/C16H23BrN2O3/c1-15(2,3)22-14(20)11-21-16(6-8-18-9-7-16)13-5-4-12(17)10-19-13/h4-5,10,18H,6-9,11H2,1-3H3. The van der Waals surface area contributed by atoms with E-state index in [0.29, 0.717) is 0 Å². The maximum atomic E-state index is 11.9. The lowest BCUT2D eigenvalue weighted by molar-refractivity contribution is -0.170. The fraction of sp³-hybridized carbons (Fsp3) is 0.625. The number of nitrogens with zero attached hydrogens (tertiary/aromatic N) is 1. The number of halogens is 1. The van der Waals surface area contributed by atoms with Crippen LogP contribution in [-0.4, -0.2) is 36.3 Å². The number of aromatic nitrogens is 1. The molecule has 1 aliphatic heterocycles. The molecule has 0 radical (unpaired) electrons. The van der Waals surface area contributed by atoms with Crippen molar-refractivity contribution in [3.63, 3.8) is 0 Å². The summed E-state index contributed by atoms with van der Waals surface area (Å²) in [5.74, 6) is -0.345. The van der Waals surface area contributed by atoms with Crippen molar-refractivity contribution in [2.75, 3.05) is 19.7 Å². The maximum absolute atomic E-state index is 11.9. The zero-order valence-corrected chi connectivity index (χ0v) is 14.9. The fourth-order valence-electron chi connectivity index (χ4n) is 2.52. The van der Waals surface area contributed by atoms with E-state index in [9.17, 15) is 4.79 Å². The molecule has 0 aromatic carbocycles. The minimum Gasteiger partial charge on any atom is -0.458 e. The van der Waals surface area contributed by atoms with E-state index in [2.05, 4.69) is 26.2 Å². The van der Waals surface area contributed by atoms with E-state index in [4.69, 9.17) is 9.47 Å². The monoisotopic (exact) mass is 370 g/mol. The number of carbonyl (C=O) groups excluding carboxylic acids is 1. The smallest absolute Gasteiger partial charge is 0.332 e. The van der Waals surface area contributed by atoms with Gasteiger partial charge in [0.15, 0.2) is 0 Å². The van der Waals surface area contributed by atoms with Crippen LogP contribution in [0.1, 0.15) is 39.3 Å². The van der Waals surface area contributed by atoms with Crippen molar-refractivity contribution in [1.29, 1.82) is 0 Å². The Morgan fingerprint density at radius 3 is 2.59 bits per heavy atom. The Morgan fingerprint density at radius 2 is 2.05 bits per heavy atom. The number of pyridine rings is 1. The van der Waals surface area contributed by atoms with Gasteiger partial charge >= 0.3 is 5.97 Å². The van der Waals surface area contributed by atoms with E-state index in [1.165, 1.54) is 0 Å². The fourth-order valence-corrected chi connectivity index (χ4v) is 2.75. The number of nitrogens with one attached hydrogen (secondary N) is 1. The van der Waals surface area contributed by atoms with E-state index >= 15 is 0 Å². The second kappa shape index (κ2) is 7.06. The number of hydrogen-bond donors (Lipinski definition) is 1. The van der Waals surface area contributed by atoms with E-state index < -0.39 is 11.2 Å². The molecule has 0 amide bonds. The molecule has 22 heavy (non-hydrogen) atoms. The molecule has 1 N–H and O–H groups in total. The molecule has 2 heterocycles. The van der Waals surface area contributed by atoms with Crippen molar-refractivity contribution in [3.8, 4) is 0 Å². The second-order valence-electron chi connectivity index (χ2n) is 6.48. The molecule has 1 saturated heterocycles. The van der Waals surface area contributed by atoms with Gasteiger partial charge in [0.05, 0.1) is 5.69 Å². The third-order valence-electron chi connectivity index (χ3n) is 3.49. The third-order valence-corrected chi connectivity index (χ3v) is 3.96. The van der Waals surface area contributed by atoms with Gasteiger partial charge in [0.2, 0.25) is 0 Å². The number of carbonyl (C=O) groups is 1. The Morgan fingerprint density at radius 1 is 1.36 bits per heavy atom. The summed E-state index contributed by atoms with van der Waals surface area (Å²) in [4.78, 5) is 16.4. The first-order valence-corrected chi connectivity index (χ1v) is 8.29. The lowest BCUT2D eigenvalue weighted by atomic mass is 9.88. The number of esters is 1. The first-order chi connectivity index (χ1) is 10.3. The van der Waals surface area contributed by atoms with Crippen LogP contribution in [0.3, 0.4) is 0 Å². The van der Waals surface area contributed by atoms with Gasteiger partial charge in [-0.15, -0.1) is 0 Å². The molecule has 0 unspecified atom stereocenters. The molecule has 6 heteroatoms. The van der Waals surface area contributed by atoms with E-state index in [0.717, 1.165) is 36.1 Å². The van der Waals surface area contributed by atoms with Crippen LogP contribution in [-0.2, 0) is 19.9 Å². The number of hydrogen-bond acceptors (Lipinski definition) is 5. The molecule has 1 aliphatic rings. The highest BCUT2D eigenvalue weighted by Crippen LogP contribution is 2.34. The van der Waals surface area contributed by atoms with Gasteiger partial charge in [-0.3, -0.25) is 4.98 Å². The molecule has 1 fully saturated rings. The van der Waals surface area contributed by atoms with Gasteiger partial charge in [-0.2, -0.15) is 0 Å². The van der Waals surface area contributed by atoms with Crippen LogP contribution >= 0.6 is 15.9 Å². The first kappa shape index (κ1) is 17.4. The summed E-state index contributed by atoms with van der Waals surface area (Å²) < 4.78 is 12.3. The summed E-state index contributed by atoms with van der Waals surface area (Å²) in [7, 11) is 0. The molecule has 5 nitrogen and oxygen atoms in total. The second-order valence-corrected chi connectivity index (χ2v) is 7.40. The highest BCUT2D eigenvalue weighted by Gasteiger charge is 2.37. The summed E-state index contributed by atoms with van der Waals surface area (Å²) in [5, 5.41) is 3.31. The molecular weight excluding hydrogens is 348 g/mol. The van der Waals surface area contributed by atoms with Crippen LogP contribution in [0.25, 0.3) is 0 Å². The van der Waals surface area contributed by atoms with Gasteiger partial charge in [-0.05, 0) is 74.8 Å². The van der Waals surface area contributed by atoms with Crippen molar-refractivity contribution in [2.45, 2.75) is 44.8 Å². The van der Waals surface area contributed by atoms with Gasteiger partial charge in [0, 0.05) is 10.7 Å². The minimum atomic E-state index is -0.525. The first-order valence-electron chi connectivity index (χ1n) is 7.49. The van der Waals surface area contributed by atoms with Crippen molar-refractivity contribution in [1.82, 2.24) is 10.3 Å². The van der Waals surface area contributed by atoms with Gasteiger partial charge in [-0.1, -0.05) is 0 Å². The summed E-state index contributed by atoms with van der Waals surface area (Å²) >= 11 is 3.39. The molecule has 1 aromatic rings. The van der Waals surface area contributed by atoms with Crippen molar-refractivity contribution in [2.24, 2.45) is 0 Å². The quantitative estimate of drug-likeness (QED) is 0.825. The zero-order valence-electron chi connectivity index (χ0n) is 13.3. The zero-order chi connectivity index (χ0) is 16.2. The molecule has 0 saturated carbocycles. The molecule has 2 rings (SSSR count). The average Bonchev–Trinajstić information content (AvgIpc) is 2.45. The summed E-state index contributed by atoms with van der Waals surface area (Å²) in [6.07, 6.45) is 3.32. The van der Waals surface area contributed by atoms with Gasteiger partial charge in [-0.25, -0.2) is 4.79 Å². The Balaban J connectivity index is 2.09. The van der Waals surface area contributed by atoms with Crippen molar-refractivity contribution >= 4 is 21.9 Å². The molecule has 0 aliphatic carbocycles. The predicted octanol–water partition coefficient (Wildman–Crippen LogP) is 2.78. The predicted molar refractivity (Wildman–Crippen MR) is 87.5 cm³/mol. The Hall–Kier alpha value is -0.980. The van der Waals surface area contributed by atoms with Gasteiger partial charge in [0.25, 0.3) is 0 Å². The Labute approximate surface area is 139 Å². The number of piperidine rings is 1. The number of rotatable bonds is 4. The summed E-state index contributed by atoms with van der Waals surface area (Å²) in [5.41, 5.74) is -0.166. The highest BCUT2D eigenvalue weighted by atomic mass is 79.9. The molecular formula is C16H23BrN2O3. The molecule has 0 spiro atoms. The number of ether oxygens (including phenoxy) is 2. The van der Waals surface area contributed by atoms with E-state index in [1.54, 1.807) is 6.20 Å². The molecule has 0 atom stereocenters. The van der Waals surface area contributed by atoms with Gasteiger partial charge in [0.1, 0.15) is 17.8 Å². The molecule has 0 bridgehead atoms. The van der Waals surface area contributed by atoms with Crippen molar-refractivity contribution < 1.29 is 14.3 Å². The summed E-state index contributed by atoms with van der Waals surface area (Å²) in [6.45, 7) is 7.16. The highest BCUT2D eigenvalue weighted by molar-refractivity contribution is 9.10. The van der Waals surface area contributed by atoms with Crippen LogP contribution in [0.2, 0.25) is 0 Å². The third kappa shape index (κ3) is 4.76. The minimum absolute atomic E-state index is 0.0605. The average molecular weight is 371 g/mol. The Bertz CT molecular complexity index is 505. The topological polar surface area (TPSA) is 60.5 Å². The van der Waals surface area contributed by atoms with Crippen LogP contribution < -0.4 is 5.32 Å². The van der Waals surface area contributed by atoms with Crippen molar-refractivity contribution in [3.05, 3.63) is 28.5 Å². The summed E-state index contributed by atoms with van der Waals surface area (Å²) in [6, 6.07) is 3.90. The van der Waals surface area contributed by atoms with E-state index in [1.807, 2.05) is 32.9 Å². The Kier molecular flexibility index (Phi) is 5.58. The SMILES string of the molecule is CC(C)(C)OC(=O)COC1(c2ccc(Br)cn2)CCNCC1. The van der Waals surface area contributed by atoms with Gasteiger partial charge < -0.3 is 14.8 Å². The van der Waals surface area contributed by atoms with E-state index in [-0.39, 0.29) is 12.6 Å². The van der Waals surface area contributed by atoms with Crippen LogP contribution in [0.4, 0.5) is 0 Å². The molecule has 1 aromatic heterocycles. The normalized spacial score (nSPS) is 18.0. The lowest BCUT2D eigenvalue weighted by Crippen LogP contribution is -2.43. The lowest BCUT2D eigenvalue weighted by Gasteiger charge is -2.37. The molecule has 122 valence electrons. The maximum Gasteiger partial charge on any atom is 0.332 e. The van der Waals surface area contributed by atoms with Crippen LogP contribution in [0.15, 0.2) is 22.8 Å². The van der Waals surface area contributed by atoms with Crippen LogP contribution in [0.5, 0.6) is 0 Å². The largest absolute Gasteiger partial charge is 0.458 e.